The average Bonchev–Trinajstić information content (AvgIpc) is 3.10. The van der Waals surface area contributed by atoms with Crippen LogP contribution >= 0.6 is 0 Å². The summed E-state index contributed by atoms with van der Waals surface area (Å²) in [6.07, 6.45) is -0.261. The van der Waals surface area contributed by atoms with Crippen LogP contribution in [0.2, 0.25) is 0 Å². The van der Waals surface area contributed by atoms with E-state index in [1.807, 2.05) is 0 Å². The molecule has 1 aromatic carbocycles. The summed E-state index contributed by atoms with van der Waals surface area (Å²) in [6.45, 7) is 1.68. The molecule has 0 spiro atoms. The molecule has 1 N–H and O–H groups in total. The van der Waals surface area contributed by atoms with Gasteiger partial charge in [-0.1, -0.05) is 6.07 Å². The molecule has 1 unspecified atom stereocenters. The number of hydrogen-bond acceptors (Lipinski definition) is 3. The van der Waals surface area contributed by atoms with Crippen LogP contribution in [0.15, 0.2) is 36.7 Å². The molecule has 112 valence electrons. The van der Waals surface area contributed by atoms with E-state index in [1.54, 1.807) is 12.3 Å². The van der Waals surface area contributed by atoms with Crippen molar-refractivity contribution in [1.29, 1.82) is 0 Å². The van der Waals surface area contributed by atoms with Gasteiger partial charge in [-0.3, -0.25) is 0 Å². The van der Waals surface area contributed by atoms with Crippen molar-refractivity contribution in [3.63, 3.8) is 0 Å². The van der Waals surface area contributed by atoms with Gasteiger partial charge < -0.3 is 10.1 Å². The number of rotatable bonds is 3. The van der Waals surface area contributed by atoms with E-state index in [2.05, 4.69) is 10.4 Å². The number of benzene rings is 1. The molecule has 21 heavy (non-hydrogen) atoms. The Morgan fingerprint density at radius 1 is 1.33 bits per heavy atom. The Balaban J connectivity index is 1.79. The maximum atomic E-state index is 12.7. The SMILES string of the molecule is FC(F)(F)c1cccc(-n2cc(OC3CCNC3)cn2)c1. The highest BCUT2D eigenvalue weighted by molar-refractivity contribution is 5.37. The van der Waals surface area contributed by atoms with Gasteiger partial charge in [-0.05, 0) is 31.2 Å². The zero-order chi connectivity index (χ0) is 14.9. The van der Waals surface area contributed by atoms with Crippen LogP contribution in [0, 0.1) is 0 Å². The van der Waals surface area contributed by atoms with Gasteiger partial charge in [0.1, 0.15) is 6.10 Å². The molecule has 1 fully saturated rings. The second kappa shape index (κ2) is 5.40. The first kappa shape index (κ1) is 13.9. The fourth-order valence-corrected chi connectivity index (χ4v) is 2.25. The standard InChI is InChI=1S/C14H14F3N3O/c15-14(16,17)10-2-1-3-11(6-10)20-9-13(8-19-20)21-12-4-5-18-7-12/h1-3,6,8-9,12,18H,4-5,7H2. The summed E-state index contributed by atoms with van der Waals surface area (Å²) in [7, 11) is 0. The molecule has 1 aromatic heterocycles. The number of nitrogens with zero attached hydrogens (tertiary/aromatic N) is 2. The molecule has 1 atom stereocenters. The topological polar surface area (TPSA) is 39.1 Å². The quantitative estimate of drug-likeness (QED) is 0.946. The lowest BCUT2D eigenvalue weighted by Crippen LogP contribution is -2.19. The van der Waals surface area contributed by atoms with E-state index in [-0.39, 0.29) is 6.10 Å². The van der Waals surface area contributed by atoms with Crippen LogP contribution in [0.4, 0.5) is 13.2 Å². The molecule has 0 amide bonds. The van der Waals surface area contributed by atoms with Gasteiger partial charge in [0, 0.05) is 6.54 Å². The summed E-state index contributed by atoms with van der Waals surface area (Å²) in [5.74, 6) is 0.557. The van der Waals surface area contributed by atoms with Gasteiger partial charge in [-0.15, -0.1) is 0 Å². The highest BCUT2D eigenvalue weighted by Crippen LogP contribution is 2.30. The largest absolute Gasteiger partial charge is 0.486 e. The van der Waals surface area contributed by atoms with E-state index in [0.29, 0.717) is 11.4 Å². The molecule has 2 aromatic rings. The Bertz CT molecular complexity index is 618. The Kier molecular flexibility index (Phi) is 3.59. The monoisotopic (exact) mass is 297 g/mol. The van der Waals surface area contributed by atoms with Crippen LogP contribution < -0.4 is 10.1 Å². The third-order valence-electron chi connectivity index (χ3n) is 3.31. The predicted molar refractivity (Wildman–Crippen MR) is 70.5 cm³/mol. The third kappa shape index (κ3) is 3.18. The van der Waals surface area contributed by atoms with Crippen molar-refractivity contribution >= 4 is 0 Å². The predicted octanol–water partition coefficient (Wildman–Crippen LogP) is 2.63. The Hall–Kier alpha value is -2.02. The fraction of sp³-hybridized carbons (Fsp3) is 0.357. The first-order chi connectivity index (χ1) is 10.0. The van der Waals surface area contributed by atoms with Crippen molar-refractivity contribution in [2.24, 2.45) is 0 Å². The molecule has 3 rings (SSSR count). The maximum Gasteiger partial charge on any atom is 0.416 e. The fourth-order valence-electron chi connectivity index (χ4n) is 2.25. The number of alkyl halides is 3. The second-order valence-corrected chi connectivity index (χ2v) is 4.90. The van der Waals surface area contributed by atoms with Crippen LogP contribution in [-0.2, 0) is 6.18 Å². The summed E-state index contributed by atoms with van der Waals surface area (Å²) in [5, 5.41) is 7.23. The minimum Gasteiger partial charge on any atom is -0.486 e. The summed E-state index contributed by atoms with van der Waals surface area (Å²) < 4.78 is 45.2. The van der Waals surface area contributed by atoms with Gasteiger partial charge in [0.25, 0.3) is 0 Å². The van der Waals surface area contributed by atoms with Crippen molar-refractivity contribution in [2.75, 3.05) is 13.1 Å². The summed E-state index contributed by atoms with van der Waals surface area (Å²) >= 11 is 0. The van der Waals surface area contributed by atoms with Crippen LogP contribution in [0.5, 0.6) is 5.75 Å². The molecule has 0 radical (unpaired) electrons. The lowest BCUT2D eigenvalue weighted by atomic mass is 10.2. The maximum absolute atomic E-state index is 12.7. The number of aromatic nitrogens is 2. The molecule has 0 bridgehead atoms. The molecule has 2 heterocycles. The van der Waals surface area contributed by atoms with E-state index in [9.17, 15) is 13.2 Å². The molecule has 4 nitrogen and oxygen atoms in total. The molecular weight excluding hydrogens is 283 g/mol. The van der Waals surface area contributed by atoms with Gasteiger partial charge in [0.05, 0.1) is 23.6 Å². The van der Waals surface area contributed by atoms with Crippen molar-refractivity contribution in [3.05, 3.63) is 42.2 Å². The normalized spacial score (nSPS) is 18.9. The first-order valence-corrected chi connectivity index (χ1v) is 6.62. The molecular formula is C14H14F3N3O. The minimum atomic E-state index is -4.36. The summed E-state index contributed by atoms with van der Waals surface area (Å²) in [5.41, 5.74) is -0.345. The number of nitrogens with one attached hydrogen (secondary N) is 1. The summed E-state index contributed by atoms with van der Waals surface area (Å²) in [4.78, 5) is 0. The molecule has 0 aliphatic carbocycles. The number of hydrogen-bond donors (Lipinski definition) is 1. The first-order valence-electron chi connectivity index (χ1n) is 6.62. The Morgan fingerprint density at radius 2 is 2.19 bits per heavy atom. The van der Waals surface area contributed by atoms with Crippen molar-refractivity contribution in [3.8, 4) is 11.4 Å². The van der Waals surface area contributed by atoms with Crippen LogP contribution in [0.25, 0.3) is 5.69 Å². The molecule has 1 aliphatic heterocycles. The zero-order valence-electron chi connectivity index (χ0n) is 11.1. The van der Waals surface area contributed by atoms with Gasteiger partial charge in [-0.2, -0.15) is 18.3 Å². The average molecular weight is 297 g/mol. The highest BCUT2D eigenvalue weighted by atomic mass is 19.4. The smallest absolute Gasteiger partial charge is 0.416 e. The summed E-state index contributed by atoms with van der Waals surface area (Å²) in [6, 6.07) is 5.03. The van der Waals surface area contributed by atoms with Crippen LogP contribution in [0.1, 0.15) is 12.0 Å². The lowest BCUT2D eigenvalue weighted by molar-refractivity contribution is -0.137. The van der Waals surface area contributed by atoms with Crippen molar-refractivity contribution in [2.45, 2.75) is 18.7 Å². The molecule has 0 saturated carbocycles. The molecule has 1 saturated heterocycles. The number of halogens is 3. The lowest BCUT2D eigenvalue weighted by Gasteiger charge is -2.10. The number of ether oxygens (including phenoxy) is 1. The highest BCUT2D eigenvalue weighted by Gasteiger charge is 2.30. The second-order valence-electron chi connectivity index (χ2n) is 4.90. The Labute approximate surface area is 119 Å². The van der Waals surface area contributed by atoms with E-state index in [1.165, 1.54) is 16.9 Å². The Morgan fingerprint density at radius 3 is 2.90 bits per heavy atom. The van der Waals surface area contributed by atoms with E-state index in [4.69, 9.17) is 4.74 Å². The zero-order valence-corrected chi connectivity index (χ0v) is 11.1. The minimum absolute atomic E-state index is 0.0872. The van der Waals surface area contributed by atoms with Gasteiger partial charge in [0.15, 0.2) is 5.75 Å². The van der Waals surface area contributed by atoms with Gasteiger partial charge in [0.2, 0.25) is 0 Å². The van der Waals surface area contributed by atoms with Crippen molar-refractivity contribution < 1.29 is 17.9 Å². The molecule has 1 aliphatic rings. The van der Waals surface area contributed by atoms with Crippen LogP contribution in [0.3, 0.4) is 0 Å². The van der Waals surface area contributed by atoms with Gasteiger partial charge >= 0.3 is 6.18 Å². The van der Waals surface area contributed by atoms with E-state index >= 15 is 0 Å². The third-order valence-corrected chi connectivity index (χ3v) is 3.31. The molecule has 7 heteroatoms. The van der Waals surface area contributed by atoms with Crippen LogP contribution in [-0.4, -0.2) is 29.0 Å². The van der Waals surface area contributed by atoms with E-state index < -0.39 is 11.7 Å². The van der Waals surface area contributed by atoms with Gasteiger partial charge in [-0.25, -0.2) is 4.68 Å². The van der Waals surface area contributed by atoms with E-state index in [0.717, 1.165) is 31.6 Å². The van der Waals surface area contributed by atoms with Crippen molar-refractivity contribution in [1.82, 2.24) is 15.1 Å².